The summed E-state index contributed by atoms with van der Waals surface area (Å²) in [7, 11) is 0. The molecule has 3 rings (SSSR count). The highest BCUT2D eigenvalue weighted by molar-refractivity contribution is 5.92. The number of halogens is 1. The minimum Gasteiger partial charge on any atom is -0.490 e. The Kier molecular flexibility index (Phi) is 6.08. The summed E-state index contributed by atoms with van der Waals surface area (Å²) in [5.74, 6) is -0.389. The standard InChI is InChI=1S/C19H24FN3O4/c1-2-4-15-10-17(22-21-15)18(24)23-7-8-26-12-19(25,11-23)13-27-16-6-3-5-14(20)9-16/h3,5-6,9-10,25H,2,4,7-8,11-13H2,1H3,(H,21,22). The lowest BCUT2D eigenvalue weighted by atomic mass is 10.1. The quantitative estimate of drug-likeness (QED) is 0.801. The molecule has 146 valence electrons. The third kappa shape index (κ3) is 5.05. The number of carbonyl (C=O) groups is 1. The van der Waals surface area contributed by atoms with Gasteiger partial charge in [0.15, 0.2) is 0 Å². The Balaban J connectivity index is 1.67. The van der Waals surface area contributed by atoms with Crippen LogP contribution < -0.4 is 4.74 Å². The van der Waals surface area contributed by atoms with E-state index >= 15 is 0 Å². The first-order valence-electron chi connectivity index (χ1n) is 9.01. The molecule has 1 unspecified atom stereocenters. The largest absolute Gasteiger partial charge is 0.490 e. The minimum absolute atomic E-state index is 0.0216. The van der Waals surface area contributed by atoms with Gasteiger partial charge in [0.25, 0.3) is 5.91 Å². The Bertz CT molecular complexity index is 782. The van der Waals surface area contributed by atoms with E-state index in [0.717, 1.165) is 18.5 Å². The average Bonchev–Trinajstić information content (AvgIpc) is 3.02. The smallest absolute Gasteiger partial charge is 0.274 e. The van der Waals surface area contributed by atoms with Crippen LogP contribution in [0, 0.1) is 5.82 Å². The normalized spacial score (nSPS) is 20.3. The lowest BCUT2D eigenvalue weighted by molar-refractivity contribution is -0.0621. The fourth-order valence-electron chi connectivity index (χ4n) is 2.98. The highest BCUT2D eigenvalue weighted by Gasteiger charge is 2.36. The van der Waals surface area contributed by atoms with Crippen molar-refractivity contribution in [3.8, 4) is 5.75 Å². The molecule has 2 aromatic rings. The Labute approximate surface area is 157 Å². The van der Waals surface area contributed by atoms with Crippen LogP contribution >= 0.6 is 0 Å². The maximum absolute atomic E-state index is 13.3. The molecule has 8 heteroatoms. The Morgan fingerprint density at radius 1 is 1.48 bits per heavy atom. The molecule has 1 atom stereocenters. The zero-order valence-electron chi connectivity index (χ0n) is 15.3. The average molecular weight is 377 g/mol. The first-order valence-corrected chi connectivity index (χ1v) is 9.01. The van der Waals surface area contributed by atoms with Crippen molar-refractivity contribution < 1.29 is 23.8 Å². The number of aryl methyl sites for hydroxylation is 1. The second-order valence-corrected chi connectivity index (χ2v) is 6.78. The zero-order chi connectivity index (χ0) is 19.3. The van der Waals surface area contributed by atoms with Gasteiger partial charge in [0, 0.05) is 18.3 Å². The van der Waals surface area contributed by atoms with Crippen LogP contribution in [0.3, 0.4) is 0 Å². The van der Waals surface area contributed by atoms with Gasteiger partial charge in [-0.15, -0.1) is 0 Å². The summed E-state index contributed by atoms with van der Waals surface area (Å²) in [6, 6.07) is 7.42. The first kappa shape index (κ1) is 19.3. The molecule has 7 nitrogen and oxygen atoms in total. The molecule has 0 radical (unpaired) electrons. The first-order chi connectivity index (χ1) is 13.0. The van der Waals surface area contributed by atoms with Gasteiger partial charge in [0.2, 0.25) is 0 Å². The molecule has 1 aliphatic rings. The van der Waals surface area contributed by atoms with E-state index in [2.05, 4.69) is 10.2 Å². The van der Waals surface area contributed by atoms with E-state index in [-0.39, 0.29) is 25.7 Å². The van der Waals surface area contributed by atoms with Crippen LogP contribution in [0.2, 0.25) is 0 Å². The van der Waals surface area contributed by atoms with Gasteiger partial charge >= 0.3 is 0 Å². The summed E-state index contributed by atoms with van der Waals surface area (Å²) in [4.78, 5) is 14.3. The molecule has 27 heavy (non-hydrogen) atoms. The van der Waals surface area contributed by atoms with E-state index in [0.29, 0.717) is 24.6 Å². The second-order valence-electron chi connectivity index (χ2n) is 6.78. The molecular weight excluding hydrogens is 353 g/mol. The SMILES string of the molecule is CCCc1cc(C(=O)N2CCOCC(O)(COc3cccc(F)c3)C2)n[nH]1. The third-order valence-electron chi connectivity index (χ3n) is 4.32. The number of nitrogens with zero attached hydrogens (tertiary/aromatic N) is 2. The lowest BCUT2D eigenvalue weighted by Gasteiger charge is -2.30. The molecule has 0 bridgehead atoms. The number of aromatic nitrogens is 2. The number of rotatable bonds is 6. The highest BCUT2D eigenvalue weighted by atomic mass is 19.1. The van der Waals surface area contributed by atoms with Crippen LogP contribution in [0.4, 0.5) is 4.39 Å². The van der Waals surface area contributed by atoms with Crippen molar-refractivity contribution in [1.82, 2.24) is 15.1 Å². The molecule has 2 heterocycles. The molecule has 1 fully saturated rings. The molecule has 2 N–H and O–H groups in total. The number of H-pyrrole nitrogens is 1. The minimum atomic E-state index is -1.40. The molecule has 1 aromatic carbocycles. The predicted octanol–water partition coefficient (Wildman–Crippen LogP) is 1.78. The van der Waals surface area contributed by atoms with Crippen molar-refractivity contribution in [2.24, 2.45) is 0 Å². The van der Waals surface area contributed by atoms with E-state index in [4.69, 9.17) is 9.47 Å². The van der Waals surface area contributed by atoms with Gasteiger partial charge in [-0.2, -0.15) is 5.10 Å². The monoisotopic (exact) mass is 377 g/mol. The maximum Gasteiger partial charge on any atom is 0.274 e. The van der Waals surface area contributed by atoms with Crippen LogP contribution in [0.15, 0.2) is 30.3 Å². The van der Waals surface area contributed by atoms with Crippen LogP contribution in [0.1, 0.15) is 29.5 Å². The number of aromatic amines is 1. The summed E-state index contributed by atoms with van der Waals surface area (Å²) in [6.07, 6.45) is 1.76. The van der Waals surface area contributed by atoms with E-state index in [9.17, 15) is 14.3 Å². The number of aliphatic hydroxyl groups is 1. The molecule has 1 aliphatic heterocycles. The van der Waals surface area contributed by atoms with Gasteiger partial charge in [-0.1, -0.05) is 19.4 Å². The number of ether oxygens (including phenoxy) is 2. The number of benzene rings is 1. The molecule has 0 spiro atoms. The van der Waals surface area contributed by atoms with Gasteiger partial charge in [0.1, 0.15) is 29.5 Å². The predicted molar refractivity (Wildman–Crippen MR) is 96.2 cm³/mol. The molecule has 0 aliphatic carbocycles. The van der Waals surface area contributed by atoms with E-state index in [1.165, 1.54) is 23.1 Å². The Morgan fingerprint density at radius 2 is 2.33 bits per heavy atom. The van der Waals surface area contributed by atoms with Crippen LogP contribution in [0.5, 0.6) is 5.75 Å². The van der Waals surface area contributed by atoms with Crippen LogP contribution in [-0.2, 0) is 11.2 Å². The number of hydrogen-bond donors (Lipinski definition) is 2. The van der Waals surface area contributed by atoms with E-state index in [1.807, 2.05) is 6.92 Å². The Hall–Kier alpha value is -2.45. The van der Waals surface area contributed by atoms with Gasteiger partial charge in [0.05, 0.1) is 19.8 Å². The number of carbonyl (C=O) groups excluding carboxylic acids is 1. The topological polar surface area (TPSA) is 87.7 Å². The molecule has 1 aromatic heterocycles. The van der Waals surface area contributed by atoms with Gasteiger partial charge in [-0.3, -0.25) is 9.89 Å². The summed E-state index contributed by atoms with van der Waals surface area (Å²) in [5, 5.41) is 17.8. The molecule has 1 saturated heterocycles. The summed E-state index contributed by atoms with van der Waals surface area (Å²) >= 11 is 0. The lowest BCUT2D eigenvalue weighted by Crippen LogP contribution is -2.50. The number of amides is 1. The van der Waals surface area contributed by atoms with Crippen molar-refractivity contribution >= 4 is 5.91 Å². The van der Waals surface area contributed by atoms with Crippen molar-refractivity contribution in [3.63, 3.8) is 0 Å². The van der Waals surface area contributed by atoms with E-state index in [1.54, 1.807) is 12.1 Å². The van der Waals surface area contributed by atoms with Gasteiger partial charge in [-0.25, -0.2) is 4.39 Å². The molecular formula is C19H24FN3O4. The van der Waals surface area contributed by atoms with Crippen molar-refractivity contribution in [2.45, 2.75) is 25.4 Å². The number of β-amino-alcohol motifs (C(OH)–C–C–N with tert-alkyl or cyclic N) is 1. The third-order valence-corrected chi connectivity index (χ3v) is 4.32. The van der Waals surface area contributed by atoms with Gasteiger partial charge in [-0.05, 0) is 24.6 Å². The maximum atomic E-state index is 13.3. The Morgan fingerprint density at radius 3 is 3.11 bits per heavy atom. The van der Waals surface area contributed by atoms with Crippen molar-refractivity contribution in [2.75, 3.05) is 32.9 Å². The van der Waals surface area contributed by atoms with Gasteiger partial charge < -0.3 is 19.5 Å². The van der Waals surface area contributed by atoms with Crippen molar-refractivity contribution in [1.29, 1.82) is 0 Å². The van der Waals surface area contributed by atoms with Crippen molar-refractivity contribution in [3.05, 3.63) is 47.5 Å². The van der Waals surface area contributed by atoms with Crippen LogP contribution in [-0.4, -0.2) is 64.6 Å². The molecule has 0 saturated carbocycles. The fraction of sp³-hybridized carbons (Fsp3) is 0.474. The summed E-state index contributed by atoms with van der Waals surface area (Å²) in [5.41, 5.74) is -0.188. The summed E-state index contributed by atoms with van der Waals surface area (Å²) in [6.45, 7) is 2.64. The van der Waals surface area contributed by atoms with Crippen LogP contribution in [0.25, 0.3) is 0 Å². The zero-order valence-corrected chi connectivity index (χ0v) is 15.3. The fourth-order valence-corrected chi connectivity index (χ4v) is 2.98. The number of hydrogen-bond acceptors (Lipinski definition) is 5. The summed E-state index contributed by atoms with van der Waals surface area (Å²) < 4.78 is 24.3. The highest BCUT2D eigenvalue weighted by Crippen LogP contribution is 2.19. The molecule has 1 amide bonds. The number of nitrogens with one attached hydrogen (secondary N) is 1. The van der Waals surface area contributed by atoms with E-state index < -0.39 is 11.4 Å². The second kappa shape index (κ2) is 8.49.